The van der Waals surface area contributed by atoms with Crippen LogP contribution in [0.25, 0.3) is 0 Å². The third-order valence-corrected chi connectivity index (χ3v) is 2.11. The topological polar surface area (TPSA) is 57.5 Å². The molecule has 0 heterocycles. The lowest BCUT2D eigenvalue weighted by molar-refractivity contribution is -0.136. The summed E-state index contributed by atoms with van der Waals surface area (Å²) in [5.41, 5.74) is 2.13. The lowest BCUT2D eigenvalue weighted by Gasteiger charge is -2.07. The Labute approximate surface area is 96.7 Å². The highest BCUT2D eigenvalue weighted by molar-refractivity contribution is 5.66. The van der Waals surface area contributed by atoms with E-state index in [1.54, 1.807) is 13.0 Å². The maximum Gasteiger partial charge on any atom is 0.303 e. The van der Waals surface area contributed by atoms with Crippen molar-refractivity contribution >= 4 is 5.97 Å². The molecule has 0 fully saturated rings. The van der Waals surface area contributed by atoms with Crippen LogP contribution in [0.15, 0.2) is 18.2 Å². The number of aromatic hydroxyl groups is 1. The van der Waals surface area contributed by atoms with E-state index in [2.05, 4.69) is 13.8 Å². The van der Waals surface area contributed by atoms with Gasteiger partial charge in [0, 0.05) is 6.42 Å². The van der Waals surface area contributed by atoms with Crippen LogP contribution in [0.3, 0.4) is 0 Å². The van der Waals surface area contributed by atoms with Gasteiger partial charge in [-0.15, -0.1) is 0 Å². The molecule has 0 amide bonds. The molecule has 0 aliphatic heterocycles. The standard InChI is InChI=1S/C10H14O.C3H6O2/c1-7(2)9-5-4-8(3)6-10(9)11;1-2-3(4)5/h4-7,11H,1-3H3;2H2,1H3,(H,4,5). The third-order valence-electron chi connectivity index (χ3n) is 2.11. The average Bonchev–Trinajstić information content (AvgIpc) is 2.17. The number of phenols is 1. The van der Waals surface area contributed by atoms with E-state index >= 15 is 0 Å². The number of carboxylic acid groups (broad SMARTS) is 1. The second-order valence-electron chi connectivity index (χ2n) is 3.96. The van der Waals surface area contributed by atoms with Crippen LogP contribution in [0.2, 0.25) is 0 Å². The molecular weight excluding hydrogens is 204 g/mol. The number of rotatable bonds is 2. The van der Waals surface area contributed by atoms with Crippen molar-refractivity contribution in [2.75, 3.05) is 0 Å². The predicted octanol–water partition coefficient (Wildman–Crippen LogP) is 3.31. The second-order valence-corrected chi connectivity index (χ2v) is 3.96. The molecule has 0 saturated carbocycles. The molecular formula is C13H20O3. The molecule has 0 saturated heterocycles. The van der Waals surface area contributed by atoms with Crippen LogP contribution >= 0.6 is 0 Å². The fourth-order valence-corrected chi connectivity index (χ4v) is 1.14. The van der Waals surface area contributed by atoms with Crippen molar-refractivity contribution in [3.8, 4) is 5.75 Å². The van der Waals surface area contributed by atoms with Crippen molar-refractivity contribution < 1.29 is 15.0 Å². The molecule has 3 nitrogen and oxygen atoms in total. The van der Waals surface area contributed by atoms with Gasteiger partial charge in [0.05, 0.1) is 0 Å². The predicted molar refractivity (Wildman–Crippen MR) is 64.9 cm³/mol. The monoisotopic (exact) mass is 224 g/mol. The van der Waals surface area contributed by atoms with Crippen LogP contribution in [0, 0.1) is 6.92 Å². The minimum Gasteiger partial charge on any atom is -0.508 e. The second kappa shape index (κ2) is 6.88. The molecule has 0 aliphatic rings. The Morgan fingerprint density at radius 1 is 1.38 bits per heavy atom. The van der Waals surface area contributed by atoms with Crippen LogP contribution in [-0.4, -0.2) is 16.2 Å². The number of hydrogen-bond acceptors (Lipinski definition) is 2. The van der Waals surface area contributed by atoms with Crippen LogP contribution in [0.4, 0.5) is 0 Å². The van der Waals surface area contributed by atoms with E-state index in [0.717, 1.165) is 11.1 Å². The smallest absolute Gasteiger partial charge is 0.303 e. The van der Waals surface area contributed by atoms with Gasteiger partial charge in [0.25, 0.3) is 0 Å². The highest BCUT2D eigenvalue weighted by Crippen LogP contribution is 2.25. The van der Waals surface area contributed by atoms with Gasteiger partial charge in [-0.2, -0.15) is 0 Å². The summed E-state index contributed by atoms with van der Waals surface area (Å²) >= 11 is 0. The van der Waals surface area contributed by atoms with Crippen molar-refractivity contribution in [1.29, 1.82) is 0 Å². The van der Waals surface area contributed by atoms with E-state index in [-0.39, 0.29) is 6.42 Å². The number of hydrogen-bond donors (Lipinski definition) is 2. The zero-order valence-electron chi connectivity index (χ0n) is 10.3. The van der Waals surface area contributed by atoms with Gasteiger partial charge in [-0.3, -0.25) is 4.79 Å². The largest absolute Gasteiger partial charge is 0.508 e. The Kier molecular flexibility index (Phi) is 6.23. The normalized spacial score (nSPS) is 9.56. The quantitative estimate of drug-likeness (QED) is 0.810. The molecule has 2 N–H and O–H groups in total. The number of carboxylic acids is 1. The highest BCUT2D eigenvalue weighted by atomic mass is 16.4. The first-order chi connectivity index (χ1) is 7.38. The van der Waals surface area contributed by atoms with Gasteiger partial charge >= 0.3 is 5.97 Å². The zero-order chi connectivity index (χ0) is 12.7. The van der Waals surface area contributed by atoms with E-state index in [1.807, 2.05) is 19.1 Å². The van der Waals surface area contributed by atoms with Gasteiger partial charge in [-0.25, -0.2) is 0 Å². The minimum absolute atomic E-state index is 0.222. The first kappa shape index (κ1) is 14.5. The van der Waals surface area contributed by atoms with Crippen molar-refractivity contribution in [2.24, 2.45) is 0 Å². The molecule has 0 radical (unpaired) electrons. The van der Waals surface area contributed by atoms with E-state index < -0.39 is 5.97 Å². The summed E-state index contributed by atoms with van der Waals surface area (Å²) in [4.78, 5) is 9.37. The van der Waals surface area contributed by atoms with Crippen LogP contribution in [0.5, 0.6) is 5.75 Å². The molecule has 0 aromatic heterocycles. The molecule has 0 bridgehead atoms. The molecule has 0 unspecified atom stereocenters. The summed E-state index contributed by atoms with van der Waals surface area (Å²) in [6, 6.07) is 5.81. The lowest BCUT2D eigenvalue weighted by Crippen LogP contribution is -1.87. The summed E-state index contributed by atoms with van der Waals surface area (Å²) in [6.45, 7) is 7.72. The Morgan fingerprint density at radius 3 is 2.19 bits per heavy atom. The average molecular weight is 224 g/mol. The highest BCUT2D eigenvalue weighted by Gasteiger charge is 2.03. The van der Waals surface area contributed by atoms with Gasteiger partial charge in [0.1, 0.15) is 5.75 Å². The van der Waals surface area contributed by atoms with Crippen molar-refractivity contribution in [1.82, 2.24) is 0 Å². The number of phenolic OH excluding ortho intramolecular Hbond substituents is 1. The summed E-state index contributed by atoms with van der Waals surface area (Å²) in [6.07, 6.45) is 0.222. The summed E-state index contributed by atoms with van der Waals surface area (Å²) in [7, 11) is 0. The van der Waals surface area contributed by atoms with Crippen LogP contribution in [-0.2, 0) is 4.79 Å². The van der Waals surface area contributed by atoms with E-state index in [9.17, 15) is 9.90 Å². The minimum atomic E-state index is -0.745. The Bertz CT molecular complexity index is 343. The van der Waals surface area contributed by atoms with Gasteiger partial charge in [-0.05, 0) is 30.0 Å². The fraction of sp³-hybridized carbons (Fsp3) is 0.462. The summed E-state index contributed by atoms with van der Waals surface area (Å²) in [5.74, 6) is 0.0700. The maximum atomic E-state index is 9.46. The summed E-state index contributed by atoms with van der Waals surface area (Å²) < 4.78 is 0. The third kappa shape index (κ3) is 5.39. The van der Waals surface area contributed by atoms with Crippen molar-refractivity contribution in [3.63, 3.8) is 0 Å². The molecule has 3 heteroatoms. The molecule has 1 aromatic rings. The SMILES string of the molecule is CCC(=O)O.Cc1ccc(C(C)C)c(O)c1. The van der Waals surface area contributed by atoms with E-state index in [0.29, 0.717) is 11.7 Å². The van der Waals surface area contributed by atoms with Crippen molar-refractivity contribution in [3.05, 3.63) is 29.3 Å². The van der Waals surface area contributed by atoms with Gasteiger partial charge in [0.2, 0.25) is 0 Å². The molecule has 0 spiro atoms. The molecule has 0 atom stereocenters. The number of carbonyl (C=O) groups is 1. The van der Waals surface area contributed by atoms with Gasteiger partial charge in [-0.1, -0.05) is 32.9 Å². The molecule has 1 aromatic carbocycles. The lowest BCUT2D eigenvalue weighted by atomic mass is 10.0. The summed E-state index contributed by atoms with van der Waals surface area (Å²) in [5, 5.41) is 17.2. The number of aliphatic carboxylic acids is 1. The van der Waals surface area contributed by atoms with Gasteiger partial charge in [0.15, 0.2) is 0 Å². The molecule has 90 valence electrons. The Balaban J connectivity index is 0.000000385. The number of benzene rings is 1. The number of aryl methyl sites for hydroxylation is 1. The van der Waals surface area contributed by atoms with Crippen LogP contribution in [0.1, 0.15) is 44.2 Å². The van der Waals surface area contributed by atoms with Gasteiger partial charge < -0.3 is 10.2 Å². The fourth-order valence-electron chi connectivity index (χ4n) is 1.14. The molecule has 1 rings (SSSR count). The first-order valence-electron chi connectivity index (χ1n) is 5.39. The van der Waals surface area contributed by atoms with E-state index in [4.69, 9.17) is 5.11 Å². The van der Waals surface area contributed by atoms with Crippen LogP contribution < -0.4 is 0 Å². The zero-order valence-corrected chi connectivity index (χ0v) is 10.3. The molecule has 16 heavy (non-hydrogen) atoms. The first-order valence-corrected chi connectivity index (χ1v) is 5.39. The molecule has 0 aliphatic carbocycles. The van der Waals surface area contributed by atoms with E-state index in [1.165, 1.54) is 0 Å². The van der Waals surface area contributed by atoms with Crippen molar-refractivity contribution in [2.45, 2.75) is 40.0 Å². The Morgan fingerprint density at radius 2 is 1.88 bits per heavy atom. The Hall–Kier alpha value is -1.51. The maximum absolute atomic E-state index is 9.46.